The van der Waals surface area contributed by atoms with E-state index in [0.29, 0.717) is 23.0 Å². The first kappa shape index (κ1) is 11.6. The van der Waals surface area contributed by atoms with Crippen molar-refractivity contribution in [3.8, 4) is 23.0 Å². The van der Waals surface area contributed by atoms with Crippen molar-refractivity contribution in [3.63, 3.8) is 0 Å². The summed E-state index contributed by atoms with van der Waals surface area (Å²) in [5, 5.41) is 0. The van der Waals surface area contributed by atoms with Gasteiger partial charge >= 0.3 is 0 Å². The summed E-state index contributed by atoms with van der Waals surface area (Å²) in [6.45, 7) is -0.265. The van der Waals surface area contributed by atoms with E-state index < -0.39 is 60.4 Å². The fraction of sp³-hybridized carbons (Fsp3) is 0. The van der Waals surface area contributed by atoms with Gasteiger partial charge in [-0.1, -0.05) is 66.6 Å². The lowest BCUT2D eigenvalue weighted by Gasteiger charge is -2.33. The van der Waals surface area contributed by atoms with Crippen molar-refractivity contribution < 1.29 is 23.2 Å². The lowest BCUT2D eigenvalue weighted by molar-refractivity contribution is 0.464. The first-order valence-corrected chi connectivity index (χ1v) is 10.7. The van der Waals surface area contributed by atoms with Crippen LogP contribution in [0.1, 0.15) is 13.7 Å². The van der Waals surface area contributed by atoms with Gasteiger partial charge in [0, 0.05) is 28.6 Å². The van der Waals surface area contributed by atoms with Gasteiger partial charge in [-0.15, -0.1) is 0 Å². The molecule has 4 heteroatoms. The van der Waals surface area contributed by atoms with Crippen LogP contribution in [0.3, 0.4) is 0 Å². The molecule has 0 saturated heterocycles. The standard InChI is InChI=1S/C30H20BNO2/c1-3-10-21(11-4-1)32(22-12-5-2-6-13-22)23-18-19-25-29(20-23)34-28-17-9-16-27-30(28)31(25)24-14-7-8-15-26(24)33-27/h1-20H/i1D,2D,3D,4D,5D,6D,10D,11D,12D,13D. The van der Waals surface area contributed by atoms with Crippen LogP contribution in [0.25, 0.3) is 0 Å². The number of hydrogen-bond donors (Lipinski definition) is 0. The van der Waals surface area contributed by atoms with Crippen LogP contribution in [0.15, 0.2) is 121 Å². The molecule has 0 fully saturated rings. The number of benzene rings is 5. The summed E-state index contributed by atoms with van der Waals surface area (Å²) in [4.78, 5) is 1.12. The molecule has 0 bridgehead atoms. The first-order valence-electron chi connectivity index (χ1n) is 15.7. The van der Waals surface area contributed by atoms with Gasteiger partial charge in [-0.25, -0.2) is 0 Å². The minimum atomic E-state index is -0.632. The molecular weight excluding hydrogens is 417 g/mol. The van der Waals surface area contributed by atoms with Crippen molar-refractivity contribution in [3.05, 3.63) is 121 Å². The second-order valence-corrected chi connectivity index (χ2v) is 7.85. The Hall–Kier alpha value is -4.44. The van der Waals surface area contributed by atoms with Crippen LogP contribution in [0, 0.1) is 0 Å². The Bertz CT molecular complexity index is 1940. The predicted octanol–water partition coefficient (Wildman–Crippen LogP) is 5.88. The van der Waals surface area contributed by atoms with Crippen molar-refractivity contribution >= 4 is 40.2 Å². The topological polar surface area (TPSA) is 21.7 Å². The summed E-state index contributed by atoms with van der Waals surface area (Å²) in [6, 6.07) is 11.9. The number of nitrogens with zero attached hydrogens (tertiary/aromatic N) is 1. The van der Waals surface area contributed by atoms with E-state index in [-0.39, 0.29) is 23.8 Å². The highest BCUT2D eigenvalue weighted by Gasteiger charge is 2.39. The average molecular weight is 447 g/mol. The highest BCUT2D eigenvalue weighted by Crippen LogP contribution is 2.39. The van der Waals surface area contributed by atoms with Gasteiger partial charge in [-0.3, -0.25) is 0 Å². The zero-order valence-electron chi connectivity index (χ0n) is 27.6. The molecule has 7 rings (SSSR count). The number of ether oxygens (including phenoxy) is 2. The van der Waals surface area contributed by atoms with Gasteiger partial charge in [0.15, 0.2) is 0 Å². The van der Waals surface area contributed by atoms with E-state index in [1.807, 2.05) is 36.4 Å². The third kappa shape index (κ3) is 2.92. The molecule has 160 valence electrons. The van der Waals surface area contributed by atoms with Crippen LogP contribution in [0.4, 0.5) is 17.1 Å². The van der Waals surface area contributed by atoms with Gasteiger partial charge in [0.2, 0.25) is 0 Å². The molecule has 3 nitrogen and oxygen atoms in total. The van der Waals surface area contributed by atoms with Crippen molar-refractivity contribution in [1.29, 1.82) is 0 Å². The number of hydrogen-bond acceptors (Lipinski definition) is 3. The molecule has 0 saturated carbocycles. The van der Waals surface area contributed by atoms with E-state index in [1.165, 1.54) is 0 Å². The van der Waals surface area contributed by atoms with Crippen molar-refractivity contribution in [1.82, 2.24) is 0 Å². The SMILES string of the molecule is [2H]c1c([2H])c([2H])c(N(c2ccc3c(c2)Oc2cccc4c2B3c2ccccc2O4)c2c([2H])c([2H])c([2H])c([2H])c2[2H])c([2H])c1[2H]. The maximum absolute atomic E-state index is 8.70. The Labute approximate surface area is 213 Å². The third-order valence-electron chi connectivity index (χ3n) is 5.97. The Morgan fingerprint density at radius 3 is 1.85 bits per heavy atom. The lowest BCUT2D eigenvalue weighted by Crippen LogP contribution is -2.57. The quantitative estimate of drug-likeness (QED) is 0.316. The zero-order chi connectivity index (χ0) is 31.2. The molecule has 0 spiro atoms. The molecule has 2 aliphatic rings. The molecule has 34 heavy (non-hydrogen) atoms. The molecule has 0 N–H and O–H groups in total. The number of rotatable bonds is 3. The highest BCUT2D eigenvalue weighted by atomic mass is 16.5. The summed E-state index contributed by atoms with van der Waals surface area (Å²) in [7, 11) is 0. The summed E-state index contributed by atoms with van der Waals surface area (Å²) >= 11 is 0. The molecule has 0 radical (unpaired) electrons. The average Bonchev–Trinajstić information content (AvgIpc) is 3.03. The number of fused-ring (bicyclic) bond motifs is 4. The Kier molecular flexibility index (Phi) is 2.59. The minimum Gasteiger partial charge on any atom is -0.458 e. The molecule has 0 atom stereocenters. The van der Waals surface area contributed by atoms with Crippen molar-refractivity contribution in [2.24, 2.45) is 0 Å². The molecule has 5 aromatic rings. The van der Waals surface area contributed by atoms with E-state index in [0.717, 1.165) is 21.3 Å². The number of para-hydroxylation sites is 3. The molecular formula is C30H20BNO2. The Morgan fingerprint density at radius 2 is 1.15 bits per heavy atom. The highest BCUT2D eigenvalue weighted by molar-refractivity contribution is 6.98. The van der Waals surface area contributed by atoms with Crippen LogP contribution in [-0.2, 0) is 0 Å². The fourth-order valence-electron chi connectivity index (χ4n) is 4.58. The van der Waals surface area contributed by atoms with Gasteiger partial charge in [0.05, 0.1) is 13.7 Å². The van der Waals surface area contributed by atoms with Crippen LogP contribution in [-0.4, -0.2) is 6.71 Å². The van der Waals surface area contributed by atoms with Crippen molar-refractivity contribution in [2.45, 2.75) is 0 Å². The molecule has 0 amide bonds. The number of anilines is 3. The van der Waals surface area contributed by atoms with E-state index in [4.69, 9.17) is 23.2 Å². The maximum atomic E-state index is 8.70. The van der Waals surface area contributed by atoms with Gasteiger partial charge in [0.25, 0.3) is 6.71 Å². The van der Waals surface area contributed by atoms with Gasteiger partial charge < -0.3 is 14.4 Å². The monoisotopic (exact) mass is 447 g/mol. The van der Waals surface area contributed by atoms with E-state index >= 15 is 0 Å². The van der Waals surface area contributed by atoms with E-state index in [9.17, 15) is 0 Å². The second kappa shape index (κ2) is 7.56. The smallest absolute Gasteiger partial charge is 0.260 e. The largest absolute Gasteiger partial charge is 0.458 e. The maximum Gasteiger partial charge on any atom is 0.260 e. The summed E-state index contributed by atoms with van der Waals surface area (Å²) in [5.41, 5.74) is 1.96. The molecule has 5 aromatic carbocycles. The van der Waals surface area contributed by atoms with Crippen molar-refractivity contribution in [2.75, 3.05) is 4.90 Å². The summed E-state index contributed by atoms with van der Waals surface area (Å²) in [6.07, 6.45) is 0. The summed E-state index contributed by atoms with van der Waals surface area (Å²) in [5.74, 6) is 2.28. The molecule has 2 heterocycles. The fourth-order valence-corrected chi connectivity index (χ4v) is 4.58. The first-order chi connectivity index (χ1) is 21.0. The molecule has 0 aliphatic carbocycles. The van der Waals surface area contributed by atoms with Crippen LogP contribution < -0.4 is 30.8 Å². The Balaban J connectivity index is 1.52. The van der Waals surface area contributed by atoms with Gasteiger partial charge in [0.1, 0.15) is 23.0 Å². The van der Waals surface area contributed by atoms with Gasteiger partial charge in [-0.2, -0.15) is 0 Å². The predicted molar refractivity (Wildman–Crippen MR) is 139 cm³/mol. The molecule has 2 aliphatic heterocycles. The lowest BCUT2D eigenvalue weighted by atomic mass is 9.35. The normalized spacial score (nSPS) is 16.6. The van der Waals surface area contributed by atoms with E-state index in [1.54, 1.807) is 24.3 Å². The minimum absolute atomic E-state index is 0.167. The molecule has 0 aromatic heterocycles. The Morgan fingerprint density at radius 1 is 0.559 bits per heavy atom. The third-order valence-corrected chi connectivity index (χ3v) is 5.97. The summed E-state index contributed by atoms with van der Waals surface area (Å²) < 4.78 is 96.6. The van der Waals surface area contributed by atoms with E-state index in [2.05, 4.69) is 0 Å². The van der Waals surface area contributed by atoms with Gasteiger partial charge in [-0.05, 0) is 59.4 Å². The van der Waals surface area contributed by atoms with Crippen LogP contribution in [0.2, 0.25) is 0 Å². The zero-order valence-corrected chi connectivity index (χ0v) is 17.6. The second-order valence-electron chi connectivity index (χ2n) is 7.85. The molecule has 0 unspecified atom stereocenters. The van der Waals surface area contributed by atoms with Crippen LogP contribution >= 0.6 is 0 Å². The van der Waals surface area contributed by atoms with Crippen LogP contribution in [0.5, 0.6) is 23.0 Å².